The molecule has 2 aliphatic heterocycles. The largest absolute Gasteiger partial charge is 0.466 e. The zero-order valence-electron chi connectivity index (χ0n) is 17.4. The lowest BCUT2D eigenvalue weighted by Gasteiger charge is -2.28. The van der Waals surface area contributed by atoms with E-state index in [2.05, 4.69) is 5.32 Å². The Bertz CT molecular complexity index is 986. The van der Waals surface area contributed by atoms with Crippen LogP contribution in [0.25, 0.3) is 0 Å². The Labute approximate surface area is 182 Å². The van der Waals surface area contributed by atoms with E-state index in [0.29, 0.717) is 13.1 Å². The minimum atomic E-state index is -0.804. The number of esters is 1. The summed E-state index contributed by atoms with van der Waals surface area (Å²) in [5.41, 5.74) is -1.27. The fourth-order valence-corrected chi connectivity index (χ4v) is 3.83. The standard InChI is InChI=1S/C19H23N5O8/c1-32-19(27)12-11-22(7-8-25)18(26)17(12)20-13-9-15(21-5-3-2-4-6-21)16(24(30)31)10-14(13)23(28)29/h9-10,20,25H,2-8,11H2,1H3. The number of ether oxygens (including phenoxy) is 1. The van der Waals surface area contributed by atoms with Crippen molar-refractivity contribution in [1.82, 2.24) is 4.90 Å². The first kappa shape index (κ1) is 22.9. The second kappa shape index (κ2) is 9.60. The highest BCUT2D eigenvalue weighted by Crippen LogP contribution is 2.40. The fraction of sp³-hybridized carbons (Fsp3) is 0.474. The summed E-state index contributed by atoms with van der Waals surface area (Å²) in [6.45, 7) is 0.569. The normalized spacial score (nSPS) is 16.4. The van der Waals surface area contributed by atoms with Crippen LogP contribution in [-0.2, 0) is 14.3 Å². The van der Waals surface area contributed by atoms with Crippen molar-refractivity contribution in [2.45, 2.75) is 19.3 Å². The number of hydrogen-bond donors (Lipinski definition) is 2. The van der Waals surface area contributed by atoms with Gasteiger partial charge >= 0.3 is 5.97 Å². The van der Waals surface area contributed by atoms with Crippen LogP contribution in [0.2, 0.25) is 0 Å². The first-order valence-electron chi connectivity index (χ1n) is 9.98. The first-order valence-corrected chi connectivity index (χ1v) is 9.98. The maximum Gasteiger partial charge on any atom is 0.337 e. The topological polar surface area (TPSA) is 168 Å². The highest BCUT2D eigenvalue weighted by Gasteiger charge is 2.36. The summed E-state index contributed by atoms with van der Waals surface area (Å²) in [7, 11) is 1.13. The molecule has 0 bridgehead atoms. The number of nitrogens with zero attached hydrogens (tertiary/aromatic N) is 4. The summed E-state index contributed by atoms with van der Waals surface area (Å²) in [4.78, 5) is 49.8. The highest BCUT2D eigenvalue weighted by molar-refractivity contribution is 6.09. The number of hydrogen-bond acceptors (Lipinski definition) is 10. The molecule has 1 aromatic carbocycles. The minimum Gasteiger partial charge on any atom is -0.466 e. The van der Waals surface area contributed by atoms with Gasteiger partial charge in [-0.05, 0) is 25.3 Å². The summed E-state index contributed by atoms with van der Waals surface area (Å²) in [5.74, 6) is -1.45. The van der Waals surface area contributed by atoms with E-state index in [9.17, 15) is 34.9 Å². The van der Waals surface area contributed by atoms with Crippen molar-refractivity contribution >= 4 is 34.6 Å². The van der Waals surface area contributed by atoms with Gasteiger partial charge in [-0.1, -0.05) is 0 Å². The van der Waals surface area contributed by atoms with Crippen molar-refractivity contribution in [3.63, 3.8) is 0 Å². The van der Waals surface area contributed by atoms with Crippen LogP contribution in [0, 0.1) is 20.2 Å². The second-order valence-electron chi connectivity index (χ2n) is 7.34. The van der Waals surface area contributed by atoms with E-state index in [4.69, 9.17) is 4.74 Å². The van der Waals surface area contributed by atoms with Gasteiger partial charge < -0.3 is 25.0 Å². The molecule has 0 saturated carbocycles. The zero-order chi connectivity index (χ0) is 23.4. The number of benzene rings is 1. The molecule has 3 rings (SSSR count). The third kappa shape index (κ3) is 4.46. The molecule has 1 saturated heterocycles. The fourth-order valence-electron chi connectivity index (χ4n) is 3.83. The summed E-state index contributed by atoms with van der Waals surface area (Å²) < 4.78 is 4.71. The van der Waals surface area contributed by atoms with Crippen LogP contribution < -0.4 is 10.2 Å². The van der Waals surface area contributed by atoms with Crippen LogP contribution in [0.5, 0.6) is 0 Å². The van der Waals surface area contributed by atoms with Crippen molar-refractivity contribution in [1.29, 1.82) is 0 Å². The number of methoxy groups -OCH3 is 1. The monoisotopic (exact) mass is 449 g/mol. The minimum absolute atomic E-state index is 0.0497. The van der Waals surface area contributed by atoms with Crippen molar-refractivity contribution in [2.24, 2.45) is 0 Å². The number of piperidine rings is 1. The molecule has 0 radical (unpaired) electrons. The van der Waals surface area contributed by atoms with Crippen molar-refractivity contribution in [3.8, 4) is 0 Å². The van der Waals surface area contributed by atoms with E-state index in [1.807, 2.05) is 0 Å². The Morgan fingerprint density at radius 3 is 2.38 bits per heavy atom. The van der Waals surface area contributed by atoms with Crippen molar-refractivity contribution in [3.05, 3.63) is 43.6 Å². The van der Waals surface area contributed by atoms with Crippen LogP contribution in [0.3, 0.4) is 0 Å². The molecule has 0 spiro atoms. The Kier molecular flexibility index (Phi) is 6.88. The third-order valence-corrected chi connectivity index (χ3v) is 5.40. The summed E-state index contributed by atoms with van der Waals surface area (Å²) >= 11 is 0. The second-order valence-corrected chi connectivity index (χ2v) is 7.34. The number of β-amino-alcohol motifs (C(OH)–C–C–N with tert-alkyl or cyclic N) is 1. The van der Waals surface area contributed by atoms with Crippen LogP contribution >= 0.6 is 0 Å². The molecule has 2 heterocycles. The number of aliphatic hydroxyl groups excluding tert-OH is 1. The Balaban J connectivity index is 2.10. The molecule has 172 valence electrons. The van der Waals surface area contributed by atoms with Gasteiger partial charge in [-0.2, -0.15) is 0 Å². The van der Waals surface area contributed by atoms with E-state index >= 15 is 0 Å². The van der Waals surface area contributed by atoms with E-state index in [1.165, 1.54) is 11.0 Å². The lowest BCUT2D eigenvalue weighted by atomic mass is 10.1. The smallest absolute Gasteiger partial charge is 0.337 e. The third-order valence-electron chi connectivity index (χ3n) is 5.40. The lowest BCUT2D eigenvalue weighted by molar-refractivity contribution is -0.393. The molecule has 13 heteroatoms. The molecule has 0 unspecified atom stereocenters. The molecule has 1 aromatic rings. The SMILES string of the molecule is COC(=O)C1=C(Nc2cc(N3CCCCC3)c([N+](=O)[O-])cc2[N+](=O)[O-])C(=O)N(CCO)C1. The van der Waals surface area contributed by atoms with Gasteiger partial charge in [0.15, 0.2) is 0 Å². The van der Waals surface area contributed by atoms with Crippen LogP contribution in [-0.4, -0.2) is 71.6 Å². The number of amides is 1. The molecule has 2 aliphatic rings. The quantitative estimate of drug-likeness (QED) is 0.334. The number of nitro groups is 2. The highest BCUT2D eigenvalue weighted by atomic mass is 16.6. The Hall–Kier alpha value is -3.74. The average molecular weight is 449 g/mol. The number of carbonyl (C=O) groups excluding carboxylic acids is 2. The van der Waals surface area contributed by atoms with E-state index in [-0.39, 0.29) is 42.3 Å². The van der Waals surface area contributed by atoms with Crippen molar-refractivity contribution < 1.29 is 29.3 Å². The molecule has 2 N–H and O–H groups in total. The van der Waals surface area contributed by atoms with Gasteiger partial charge in [0.1, 0.15) is 17.1 Å². The van der Waals surface area contributed by atoms with Gasteiger partial charge in [-0.25, -0.2) is 4.79 Å². The lowest BCUT2D eigenvalue weighted by Crippen LogP contribution is -2.31. The van der Waals surface area contributed by atoms with Crippen LogP contribution in [0.4, 0.5) is 22.7 Å². The number of nitrogens with one attached hydrogen (secondary N) is 1. The summed E-state index contributed by atoms with van der Waals surface area (Å²) in [6, 6.07) is 2.13. The summed E-state index contributed by atoms with van der Waals surface area (Å²) in [5, 5.41) is 35.1. The molecular formula is C19H23N5O8. The van der Waals surface area contributed by atoms with Crippen LogP contribution in [0.1, 0.15) is 19.3 Å². The summed E-state index contributed by atoms with van der Waals surface area (Å²) in [6.07, 6.45) is 2.62. The molecule has 1 amide bonds. The first-order chi connectivity index (χ1) is 15.3. The van der Waals surface area contributed by atoms with Gasteiger partial charge in [0, 0.05) is 19.6 Å². The van der Waals surface area contributed by atoms with Gasteiger partial charge in [0.2, 0.25) is 0 Å². The van der Waals surface area contributed by atoms with Gasteiger partial charge in [-0.3, -0.25) is 25.0 Å². The maximum atomic E-state index is 12.8. The van der Waals surface area contributed by atoms with E-state index in [0.717, 1.165) is 32.4 Å². The number of anilines is 2. The number of aliphatic hydroxyl groups is 1. The molecule has 0 aliphatic carbocycles. The average Bonchev–Trinajstić information content (AvgIpc) is 3.08. The van der Waals surface area contributed by atoms with E-state index < -0.39 is 33.1 Å². The zero-order valence-corrected chi connectivity index (χ0v) is 17.4. The molecule has 1 fully saturated rings. The molecule has 32 heavy (non-hydrogen) atoms. The van der Waals surface area contributed by atoms with Gasteiger partial charge in [0.05, 0.1) is 41.7 Å². The molecular weight excluding hydrogens is 426 g/mol. The Morgan fingerprint density at radius 2 is 1.81 bits per heavy atom. The van der Waals surface area contributed by atoms with E-state index in [1.54, 1.807) is 4.90 Å². The molecule has 0 aromatic heterocycles. The van der Waals surface area contributed by atoms with Gasteiger partial charge in [0.25, 0.3) is 17.3 Å². The van der Waals surface area contributed by atoms with Crippen LogP contribution in [0.15, 0.2) is 23.4 Å². The maximum absolute atomic E-state index is 12.8. The van der Waals surface area contributed by atoms with Gasteiger partial charge in [-0.15, -0.1) is 0 Å². The molecule has 13 nitrogen and oxygen atoms in total. The predicted octanol–water partition coefficient (Wildman–Crippen LogP) is 1.17. The predicted molar refractivity (Wildman–Crippen MR) is 112 cm³/mol. The Morgan fingerprint density at radius 1 is 1.16 bits per heavy atom. The number of carbonyl (C=O) groups is 2. The molecule has 0 atom stereocenters. The number of nitro benzene ring substituents is 2. The number of rotatable bonds is 8. The van der Waals surface area contributed by atoms with Crippen molar-refractivity contribution in [2.75, 3.05) is 50.1 Å².